The second kappa shape index (κ2) is 6.95. The van der Waals surface area contributed by atoms with Crippen molar-refractivity contribution in [1.29, 1.82) is 0 Å². The predicted octanol–water partition coefficient (Wildman–Crippen LogP) is 3.42. The monoisotopic (exact) mass is 324 g/mol. The summed E-state index contributed by atoms with van der Waals surface area (Å²) in [6.45, 7) is 0.130. The van der Waals surface area contributed by atoms with Crippen molar-refractivity contribution in [3.8, 4) is 11.5 Å². The molecule has 3 aromatic rings. The topological polar surface area (TPSA) is 80.8 Å². The van der Waals surface area contributed by atoms with Gasteiger partial charge in [0, 0.05) is 17.0 Å². The molecule has 2 aromatic carbocycles. The summed E-state index contributed by atoms with van der Waals surface area (Å²) < 4.78 is 10.8. The van der Waals surface area contributed by atoms with Crippen molar-refractivity contribution in [2.45, 2.75) is 6.04 Å². The quantitative estimate of drug-likeness (QED) is 0.704. The van der Waals surface area contributed by atoms with Gasteiger partial charge in [-0.2, -0.15) is 4.91 Å². The molecule has 6 heteroatoms. The van der Waals surface area contributed by atoms with Crippen LogP contribution in [-0.2, 0) is 0 Å². The lowest BCUT2D eigenvalue weighted by Crippen LogP contribution is -2.08. The molecule has 0 amide bonds. The van der Waals surface area contributed by atoms with E-state index in [4.69, 9.17) is 9.47 Å². The van der Waals surface area contributed by atoms with Gasteiger partial charge in [0.1, 0.15) is 18.1 Å². The van der Waals surface area contributed by atoms with Crippen LogP contribution in [0, 0.1) is 4.91 Å². The molecule has 122 valence electrons. The highest BCUT2D eigenvalue weighted by atomic mass is 16.5. The molecular weight excluding hydrogens is 308 g/mol. The van der Waals surface area contributed by atoms with Crippen molar-refractivity contribution >= 4 is 10.9 Å². The molecule has 1 N–H and O–H groups in total. The molecule has 1 unspecified atom stereocenters. The normalized spacial score (nSPS) is 11.9. The van der Waals surface area contributed by atoms with E-state index in [2.05, 4.69) is 10.2 Å². The first-order valence-corrected chi connectivity index (χ1v) is 7.42. The Balaban J connectivity index is 1.74. The van der Waals surface area contributed by atoms with Crippen molar-refractivity contribution in [1.82, 2.24) is 4.98 Å². The number of hydrogen-bond donors (Lipinski definition) is 1. The summed E-state index contributed by atoms with van der Waals surface area (Å²) in [6, 6.07) is 15.0. The van der Waals surface area contributed by atoms with Gasteiger partial charge in [-0.1, -0.05) is 17.3 Å². The first kappa shape index (κ1) is 15.7. The van der Waals surface area contributed by atoms with Gasteiger partial charge in [-0.15, -0.1) is 0 Å². The molecule has 1 heterocycles. The molecule has 0 saturated heterocycles. The van der Waals surface area contributed by atoms with E-state index >= 15 is 0 Å². The second-order valence-corrected chi connectivity index (χ2v) is 5.28. The predicted molar refractivity (Wildman–Crippen MR) is 91.6 cm³/mol. The third-order valence-electron chi connectivity index (χ3n) is 3.73. The molecule has 6 nitrogen and oxygen atoms in total. The SMILES string of the molecule is COc1ccc(C(COc2ccc3[nH]c(=O)ccc3c2)N=O)cc1. The Morgan fingerprint density at radius 2 is 1.79 bits per heavy atom. The molecule has 0 saturated carbocycles. The van der Waals surface area contributed by atoms with Crippen LogP contribution in [0.1, 0.15) is 11.6 Å². The fraction of sp³-hybridized carbons (Fsp3) is 0.167. The lowest BCUT2D eigenvalue weighted by molar-refractivity contribution is 0.291. The number of fused-ring (bicyclic) bond motifs is 1. The van der Waals surface area contributed by atoms with Crippen LogP contribution in [0.15, 0.2) is 64.6 Å². The summed E-state index contributed by atoms with van der Waals surface area (Å²) in [4.78, 5) is 25.2. The summed E-state index contributed by atoms with van der Waals surface area (Å²) in [5, 5.41) is 3.99. The van der Waals surface area contributed by atoms with E-state index in [-0.39, 0.29) is 12.2 Å². The standard InChI is InChI=1S/C18H16N2O4/c1-23-14-5-2-12(3-6-14)17(20-22)11-24-15-7-8-16-13(10-15)4-9-18(21)19-16/h2-10,17H,11H2,1H3,(H,19,21). The van der Waals surface area contributed by atoms with Crippen LogP contribution >= 0.6 is 0 Å². The van der Waals surface area contributed by atoms with Gasteiger partial charge < -0.3 is 14.5 Å². The van der Waals surface area contributed by atoms with Gasteiger partial charge in [-0.3, -0.25) is 4.79 Å². The lowest BCUT2D eigenvalue weighted by atomic mass is 10.1. The number of aromatic amines is 1. The van der Waals surface area contributed by atoms with Crippen LogP contribution in [-0.4, -0.2) is 18.7 Å². The first-order chi connectivity index (χ1) is 11.7. The highest BCUT2D eigenvalue weighted by molar-refractivity contribution is 5.79. The highest BCUT2D eigenvalue weighted by Crippen LogP contribution is 2.23. The molecular formula is C18H16N2O4. The molecule has 1 atom stereocenters. The van der Waals surface area contributed by atoms with E-state index in [0.717, 1.165) is 16.5 Å². The Labute approximate surface area is 138 Å². The van der Waals surface area contributed by atoms with E-state index in [1.807, 2.05) is 0 Å². The zero-order valence-corrected chi connectivity index (χ0v) is 13.1. The second-order valence-electron chi connectivity index (χ2n) is 5.28. The zero-order valence-electron chi connectivity index (χ0n) is 13.1. The number of H-pyrrole nitrogens is 1. The van der Waals surface area contributed by atoms with E-state index in [1.165, 1.54) is 6.07 Å². The van der Waals surface area contributed by atoms with Gasteiger partial charge in [0.05, 0.1) is 7.11 Å². The molecule has 0 spiro atoms. The highest BCUT2D eigenvalue weighted by Gasteiger charge is 2.13. The smallest absolute Gasteiger partial charge is 0.248 e. The average Bonchev–Trinajstić information content (AvgIpc) is 2.62. The van der Waals surface area contributed by atoms with Crippen molar-refractivity contribution in [2.24, 2.45) is 5.18 Å². The summed E-state index contributed by atoms with van der Waals surface area (Å²) >= 11 is 0. The number of nitroso groups, excluding NO2 is 1. The summed E-state index contributed by atoms with van der Waals surface area (Å²) in [5.74, 6) is 1.32. The molecule has 0 radical (unpaired) electrons. The number of hydrogen-bond acceptors (Lipinski definition) is 5. The van der Waals surface area contributed by atoms with Crippen LogP contribution in [0.25, 0.3) is 10.9 Å². The Hall–Kier alpha value is -3.15. The van der Waals surface area contributed by atoms with E-state index in [0.29, 0.717) is 11.5 Å². The van der Waals surface area contributed by atoms with Crippen molar-refractivity contribution in [3.05, 3.63) is 75.4 Å². The Morgan fingerprint density at radius 3 is 2.50 bits per heavy atom. The third-order valence-corrected chi connectivity index (χ3v) is 3.73. The molecule has 0 fully saturated rings. The Morgan fingerprint density at radius 1 is 1.04 bits per heavy atom. The van der Waals surface area contributed by atoms with Crippen LogP contribution < -0.4 is 15.0 Å². The summed E-state index contributed by atoms with van der Waals surface area (Å²) in [7, 11) is 1.58. The third kappa shape index (κ3) is 3.43. The van der Waals surface area contributed by atoms with Crippen molar-refractivity contribution < 1.29 is 9.47 Å². The maximum absolute atomic E-state index is 11.3. The molecule has 1 aromatic heterocycles. The fourth-order valence-electron chi connectivity index (χ4n) is 2.41. The van der Waals surface area contributed by atoms with Crippen molar-refractivity contribution in [2.75, 3.05) is 13.7 Å². The van der Waals surface area contributed by atoms with Crippen LogP contribution in [0.4, 0.5) is 0 Å². The van der Waals surface area contributed by atoms with E-state index in [1.54, 1.807) is 55.6 Å². The number of methoxy groups -OCH3 is 1. The van der Waals surface area contributed by atoms with Gasteiger partial charge in [0.2, 0.25) is 5.56 Å². The molecule has 3 rings (SSSR count). The number of benzene rings is 2. The van der Waals surface area contributed by atoms with Crippen LogP contribution in [0.2, 0.25) is 0 Å². The van der Waals surface area contributed by atoms with Gasteiger partial charge in [0.15, 0.2) is 6.04 Å². The minimum atomic E-state index is -0.609. The minimum Gasteiger partial charge on any atom is -0.497 e. The number of aromatic nitrogens is 1. The van der Waals surface area contributed by atoms with Gasteiger partial charge in [0.25, 0.3) is 0 Å². The molecule has 24 heavy (non-hydrogen) atoms. The fourth-order valence-corrected chi connectivity index (χ4v) is 2.41. The molecule has 0 bridgehead atoms. The van der Waals surface area contributed by atoms with Crippen LogP contribution in [0.3, 0.4) is 0 Å². The van der Waals surface area contributed by atoms with Gasteiger partial charge >= 0.3 is 0 Å². The van der Waals surface area contributed by atoms with E-state index in [9.17, 15) is 9.70 Å². The van der Waals surface area contributed by atoms with Crippen LogP contribution in [0.5, 0.6) is 11.5 Å². The molecule has 0 aliphatic rings. The molecule has 0 aliphatic carbocycles. The average molecular weight is 324 g/mol. The lowest BCUT2D eigenvalue weighted by Gasteiger charge is -2.12. The first-order valence-electron chi connectivity index (χ1n) is 7.42. The van der Waals surface area contributed by atoms with Gasteiger partial charge in [-0.05, 0) is 42.0 Å². The summed E-state index contributed by atoms with van der Waals surface area (Å²) in [5.41, 5.74) is 1.34. The van der Waals surface area contributed by atoms with Crippen molar-refractivity contribution in [3.63, 3.8) is 0 Å². The van der Waals surface area contributed by atoms with Gasteiger partial charge in [-0.25, -0.2) is 0 Å². The molecule has 0 aliphatic heterocycles. The number of ether oxygens (including phenoxy) is 2. The summed E-state index contributed by atoms with van der Waals surface area (Å²) in [6.07, 6.45) is 0. The zero-order chi connectivity index (χ0) is 16.9. The Kier molecular flexibility index (Phi) is 4.56. The number of rotatable bonds is 6. The maximum Gasteiger partial charge on any atom is 0.248 e. The Bertz CT molecular complexity index is 903. The van der Waals surface area contributed by atoms with E-state index < -0.39 is 6.04 Å². The number of nitrogens with zero attached hydrogens (tertiary/aromatic N) is 1. The number of nitrogens with one attached hydrogen (secondary N) is 1. The maximum atomic E-state index is 11.3. The minimum absolute atomic E-state index is 0.130. The largest absolute Gasteiger partial charge is 0.497 e. The number of pyridine rings is 1.